The van der Waals surface area contributed by atoms with Crippen molar-refractivity contribution < 1.29 is 0 Å². The second kappa shape index (κ2) is 5.09. The first-order valence-corrected chi connectivity index (χ1v) is 5.23. The number of rotatable bonds is 4. The van der Waals surface area contributed by atoms with Crippen LogP contribution in [-0.4, -0.2) is 10.2 Å². The van der Waals surface area contributed by atoms with Crippen molar-refractivity contribution in [3.05, 3.63) is 18.3 Å². The smallest absolute Gasteiger partial charge is 0.140 e. The molecule has 72 valence electrons. The number of hydrazine groups is 1. The Bertz CT molecular complexity index is 265. The molecular weight excluding hydrogens is 182 g/mol. The van der Waals surface area contributed by atoms with Crippen LogP contribution in [0.3, 0.4) is 0 Å². The topological polar surface area (TPSA) is 50.9 Å². The molecule has 1 atom stereocenters. The average molecular weight is 197 g/mol. The molecule has 0 aliphatic rings. The van der Waals surface area contributed by atoms with E-state index in [-0.39, 0.29) is 0 Å². The summed E-state index contributed by atoms with van der Waals surface area (Å²) in [5, 5.41) is 0.632. The van der Waals surface area contributed by atoms with Crippen LogP contribution in [0.4, 0.5) is 5.82 Å². The SMILES string of the molecule is CCC(C)Sc1ccnc(NN)c1. The summed E-state index contributed by atoms with van der Waals surface area (Å²) in [5.41, 5.74) is 2.53. The first-order chi connectivity index (χ1) is 6.26. The third kappa shape index (κ3) is 3.24. The normalized spacial score (nSPS) is 12.5. The fraction of sp³-hybridized carbons (Fsp3) is 0.444. The van der Waals surface area contributed by atoms with Crippen molar-refractivity contribution in [2.75, 3.05) is 5.43 Å². The highest BCUT2D eigenvalue weighted by Gasteiger charge is 2.02. The van der Waals surface area contributed by atoms with E-state index in [1.54, 1.807) is 6.20 Å². The summed E-state index contributed by atoms with van der Waals surface area (Å²) in [6.07, 6.45) is 2.93. The number of anilines is 1. The van der Waals surface area contributed by atoms with Gasteiger partial charge in [0.25, 0.3) is 0 Å². The van der Waals surface area contributed by atoms with E-state index in [1.165, 1.54) is 11.3 Å². The van der Waals surface area contributed by atoms with Gasteiger partial charge < -0.3 is 5.43 Å². The van der Waals surface area contributed by atoms with Gasteiger partial charge in [-0.25, -0.2) is 10.8 Å². The van der Waals surface area contributed by atoms with Crippen molar-refractivity contribution in [1.29, 1.82) is 0 Å². The predicted octanol–water partition coefficient (Wildman–Crippen LogP) is 2.26. The van der Waals surface area contributed by atoms with Gasteiger partial charge in [-0.3, -0.25) is 0 Å². The quantitative estimate of drug-likeness (QED) is 0.441. The second-order valence-electron chi connectivity index (χ2n) is 2.86. The second-order valence-corrected chi connectivity index (χ2v) is 4.37. The molecule has 0 aromatic carbocycles. The number of nitrogens with two attached hydrogens (primary N) is 1. The van der Waals surface area contributed by atoms with E-state index < -0.39 is 0 Å². The lowest BCUT2D eigenvalue weighted by Crippen LogP contribution is -2.08. The molecule has 1 unspecified atom stereocenters. The van der Waals surface area contributed by atoms with Gasteiger partial charge >= 0.3 is 0 Å². The fourth-order valence-corrected chi connectivity index (χ4v) is 1.83. The van der Waals surface area contributed by atoms with Crippen LogP contribution >= 0.6 is 11.8 Å². The highest BCUT2D eigenvalue weighted by atomic mass is 32.2. The molecule has 0 saturated carbocycles. The lowest BCUT2D eigenvalue weighted by Gasteiger charge is -2.08. The number of hydrogen-bond acceptors (Lipinski definition) is 4. The van der Waals surface area contributed by atoms with Crippen LogP contribution in [0.5, 0.6) is 0 Å². The molecule has 1 aromatic heterocycles. The van der Waals surface area contributed by atoms with E-state index >= 15 is 0 Å². The molecule has 0 amide bonds. The number of thioether (sulfide) groups is 1. The summed E-state index contributed by atoms with van der Waals surface area (Å²) in [4.78, 5) is 5.25. The van der Waals surface area contributed by atoms with E-state index in [4.69, 9.17) is 5.84 Å². The zero-order chi connectivity index (χ0) is 9.68. The van der Waals surface area contributed by atoms with Gasteiger partial charge in [0.1, 0.15) is 5.82 Å². The molecule has 13 heavy (non-hydrogen) atoms. The van der Waals surface area contributed by atoms with Gasteiger partial charge in [-0.2, -0.15) is 0 Å². The average Bonchev–Trinajstić information content (AvgIpc) is 2.18. The Morgan fingerprint density at radius 1 is 1.69 bits per heavy atom. The molecule has 0 fully saturated rings. The van der Waals surface area contributed by atoms with Crippen molar-refractivity contribution in [1.82, 2.24) is 4.98 Å². The first-order valence-electron chi connectivity index (χ1n) is 4.35. The molecule has 1 heterocycles. The minimum Gasteiger partial charge on any atom is -0.308 e. The Morgan fingerprint density at radius 2 is 2.46 bits per heavy atom. The van der Waals surface area contributed by atoms with Crippen molar-refractivity contribution >= 4 is 17.6 Å². The molecule has 0 aliphatic heterocycles. The Hall–Kier alpha value is -0.740. The van der Waals surface area contributed by atoms with E-state index in [0.29, 0.717) is 11.1 Å². The molecule has 3 nitrogen and oxygen atoms in total. The maximum atomic E-state index is 5.26. The van der Waals surface area contributed by atoms with Crippen LogP contribution in [-0.2, 0) is 0 Å². The predicted molar refractivity (Wildman–Crippen MR) is 57.7 cm³/mol. The number of nitrogens with one attached hydrogen (secondary N) is 1. The summed E-state index contributed by atoms with van der Waals surface area (Å²) >= 11 is 1.84. The summed E-state index contributed by atoms with van der Waals surface area (Å²) in [6.45, 7) is 4.39. The monoisotopic (exact) mass is 197 g/mol. The maximum Gasteiger partial charge on any atom is 0.140 e. The van der Waals surface area contributed by atoms with Gasteiger partial charge in [0.05, 0.1) is 0 Å². The summed E-state index contributed by atoms with van der Waals surface area (Å²) < 4.78 is 0. The standard InChI is InChI=1S/C9H15N3S/c1-3-7(2)13-8-4-5-11-9(6-8)12-10/h4-7H,3,10H2,1-2H3,(H,11,12). The van der Waals surface area contributed by atoms with Crippen LogP contribution in [0.25, 0.3) is 0 Å². The summed E-state index contributed by atoms with van der Waals surface area (Å²) in [6, 6.07) is 3.95. The number of nitrogen functional groups attached to an aromatic ring is 1. The molecule has 3 N–H and O–H groups in total. The molecule has 0 radical (unpaired) electrons. The largest absolute Gasteiger partial charge is 0.308 e. The summed E-state index contributed by atoms with van der Waals surface area (Å²) in [5.74, 6) is 5.98. The van der Waals surface area contributed by atoms with Gasteiger partial charge in [-0.05, 0) is 18.6 Å². The van der Waals surface area contributed by atoms with Gasteiger partial charge in [-0.1, -0.05) is 13.8 Å². The fourth-order valence-electron chi connectivity index (χ4n) is 0.879. The number of hydrogen-bond donors (Lipinski definition) is 2. The van der Waals surface area contributed by atoms with E-state index in [9.17, 15) is 0 Å². The Labute approximate surface area is 83.1 Å². The molecule has 0 bridgehead atoms. The Kier molecular flexibility index (Phi) is 4.05. The maximum absolute atomic E-state index is 5.26. The lowest BCUT2D eigenvalue weighted by molar-refractivity contribution is 0.905. The highest BCUT2D eigenvalue weighted by Crippen LogP contribution is 2.25. The minimum atomic E-state index is 0.632. The van der Waals surface area contributed by atoms with Crippen molar-refractivity contribution in [3.8, 4) is 0 Å². The molecule has 1 rings (SSSR count). The van der Waals surface area contributed by atoms with Gasteiger partial charge in [-0.15, -0.1) is 11.8 Å². The molecule has 0 spiro atoms. The molecule has 1 aromatic rings. The van der Waals surface area contributed by atoms with E-state index in [0.717, 1.165) is 0 Å². The van der Waals surface area contributed by atoms with E-state index in [2.05, 4.69) is 24.3 Å². The minimum absolute atomic E-state index is 0.632. The van der Waals surface area contributed by atoms with Gasteiger partial charge in [0.2, 0.25) is 0 Å². The van der Waals surface area contributed by atoms with Gasteiger partial charge in [0.15, 0.2) is 0 Å². The number of pyridine rings is 1. The Morgan fingerprint density at radius 3 is 3.08 bits per heavy atom. The first kappa shape index (κ1) is 10.3. The molecule has 0 saturated heterocycles. The van der Waals surface area contributed by atoms with Crippen molar-refractivity contribution in [2.45, 2.75) is 30.4 Å². The Balaban J connectivity index is 2.66. The third-order valence-electron chi connectivity index (χ3n) is 1.79. The van der Waals surface area contributed by atoms with Crippen LogP contribution in [0.1, 0.15) is 20.3 Å². The zero-order valence-electron chi connectivity index (χ0n) is 7.95. The molecule has 4 heteroatoms. The lowest BCUT2D eigenvalue weighted by atomic mass is 10.4. The third-order valence-corrected chi connectivity index (χ3v) is 3.05. The molecular formula is C9H15N3S. The van der Waals surface area contributed by atoms with Crippen LogP contribution in [0, 0.1) is 0 Å². The van der Waals surface area contributed by atoms with Crippen LogP contribution in [0.15, 0.2) is 23.2 Å². The highest BCUT2D eigenvalue weighted by molar-refractivity contribution is 7.99. The number of nitrogens with zero attached hydrogens (tertiary/aromatic N) is 1. The summed E-state index contributed by atoms with van der Waals surface area (Å²) in [7, 11) is 0. The van der Waals surface area contributed by atoms with Crippen molar-refractivity contribution in [2.24, 2.45) is 5.84 Å². The van der Waals surface area contributed by atoms with Gasteiger partial charge in [0, 0.05) is 16.3 Å². The number of aromatic nitrogens is 1. The van der Waals surface area contributed by atoms with Crippen LogP contribution < -0.4 is 11.3 Å². The van der Waals surface area contributed by atoms with Crippen molar-refractivity contribution in [3.63, 3.8) is 0 Å². The molecule has 0 aliphatic carbocycles. The van der Waals surface area contributed by atoms with Crippen LogP contribution in [0.2, 0.25) is 0 Å². The zero-order valence-corrected chi connectivity index (χ0v) is 8.77. The van der Waals surface area contributed by atoms with E-state index in [1.807, 2.05) is 23.9 Å².